The number of nitrogens with zero attached hydrogens (tertiary/aromatic N) is 2. The van der Waals surface area contributed by atoms with Crippen molar-refractivity contribution in [2.24, 2.45) is 0 Å². The summed E-state index contributed by atoms with van der Waals surface area (Å²) in [5, 5.41) is 5.01. The van der Waals surface area contributed by atoms with Gasteiger partial charge in [0.15, 0.2) is 0 Å². The lowest BCUT2D eigenvalue weighted by atomic mass is 9.81. The van der Waals surface area contributed by atoms with E-state index in [0.29, 0.717) is 0 Å². The standard InChI is InChI=1S/C67H52N2/c1-3-44-26-28-48-31-37-55(56-36-27-45(4-2)41-60(56)59(48)40-44)54-20-9-8-18-52(54)49-32-39-67-62(42-49)58-22-12-15-25-65(58)69(67)63-23-13-10-19-53(63)50-33-38-66-61(43-50)57-21-11-14-24-64(57)68(66)51-34-29-47(30-35-51)46-16-6-5-7-17-46/h5-30,32-36,38-43,55H,3-4,31,37H2,1-2H3. The summed E-state index contributed by atoms with van der Waals surface area (Å²) in [4.78, 5) is 0. The highest BCUT2D eigenvalue weighted by molar-refractivity contribution is 6.12. The molecule has 1 aliphatic carbocycles. The molecule has 2 heteroatoms. The molecule has 330 valence electrons. The van der Waals surface area contributed by atoms with E-state index in [0.717, 1.165) is 31.4 Å². The van der Waals surface area contributed by atoms with E-state index in [1.165, 1.54) is 122 Å². The van der Waals surface area contributed by atoms with Crippen molar-refractivity contribution in [1.29, 1.82) is 0 Å². The Hall–Kier alpha value is -8.20. The average Bonchev–Trinajstić information content (AvgIpc) is 3.87. The van der Waals surface area contributed by atoms with Gasteiger partial charge < -0.3 is 9.13 Å². The Bertz CT molecular complexity index is 3920. The summed E-state index contributed by atoms with van der Waals surface area (Å²) in [7, 11) is 0. The molecule has 0 saturated heterocycles. The van der Waals surface area contributed by atoms with Crippen molar-refractivity contribution < 1.29 is 0 Å². The van der Waals surface area contributed by atoms with Crippen LogP contribution < -0.4 is 0 Å². The molecular formula is C67H52N2. The largest absolute Gasteiger partial charge is 0.309 e. The Morgan fingerprint density at radius 1 is 0.362 bits per heavy atom. The van der Waals surface area contributed by atoms with Gasteiger partial charge in [0.25, 0.3) is 0 Å². The van der Waals surface area contributed by atoms with Crippen molar-refractivity contribution in [1.82, 2.24) is 9.13 Å². The molecule has 10 aromatic carbocycles. The van der Waals surface area contributed by atoms with Crippen molar-refractivity contribution >= 4 is 43.6 Å². The Kier molecular flexibility index (Phi) is 10.0. The fourth-order valence-corrected chi connectivity index (χ4v) is 11.7. The number of hydrogen-bond donors (Lipinski definition) is 0. The number of para-hydroxylation sites is 3. The van der Waals surface area contributed by atoms with Crippen molar-refractivity contribution in [2.45, 2.75) is 45.4 Å². The third-order valence-electron chi connectivity index (χ3n) is 15.2. The van der Waals surface area contributed by atoms with Gasteiger partial charge in [0.1, 0.15) is 0 Å². The van der Waals surface area contributed by atoms with E-state index in [9.17, 15) is 0 Å². The predicted octanol–water partition coefficient (Wildman–Crippen LogP) is 17.8. The van der Waals surface area contributed by atoms with Gasteiger partial charge in [0, 0.05) is 38.7 Å². The molecule has 0 bridgehead atoms. The number of fused-ring (bicyclic) bond motifs is 9. The molecule has 2 aromatic heterocycles. The van der Waals surface area contributed by atoms with Crippen LogP contribution in [0.2, 0.25) is 0 Å². The molecule has 0 aliphatic heterocycles. The zero-order chi connectivity index (χ0) is 46.0. The fourth-order valence-electron chi connectivity index (χ4n) is 11.7. The molecule has 0 amide bonds. The zero-order valence-electron chi connectivity index (χ0n) is 39.2. The first-order chi connectivity index (χ1) is 34.1. The summed E-state index contributed by atoms with van der Waals surface area (Å²) in [6.45, 7) is 4.54. The Morgan fingerprint density at radius 2 is 0.884 bits per heavy atom. The van der Waals surface area contributed by atoms with Crippen LogP contribution in [0.3, 0.4) is 0 Å². The average molecular weight is 885 g/mol. The maximum absolute atomic E-state index is 2.49. The number of rotatable bonds is 8. The van der Waals surface area contributed by atoms with Crippen molar-refractivity contribution in [2.75, 3.05) is 0 Å². The second kappa shape index (κ2) is 16.8. The van der Waals surface area contributed by atoms with Gasteiger partial charge in [0.2, 0.25) is 0 Å². The molecule has 1 unspecified atom stereocenters. The SMILES string of the molecule is CCc1ccc2c(c1)-c1cc(CC)ccc1C(c1ccccc1-c1ccc3c(c1)c1ccccc1n3-c1ccccc1-c1ccc3c(c1)c1ccccc1n3-c1ccc(-c3ccccc3)cc1)CC2. The number of aromatic nitrogens is 2. The van der Waals surface area contributed by atoms with E-state index in [1.54, 1.807) is 0 Å². The molecule has 1 aliphatic rings. The summed E-state index contributed by atoms with van der Waals surface area (Å²) in [6, 6.07) is 84.3. The first-order valence-corrected chi connectivity index (χ1v) is 24.8. The molecule has 0 saturated carbocycles. The van der Waals surface area contributed by atoms with Gasteiger partial charge in [-0.3, -0.25) is 0 Å². The third kappa shape index (κ3) is 6.85. The van der Waals surface area contributed by atoms with Crippen LogP contribution in [0.5, 0.6) is 0 Å². The summed E-state index contributed by atoms with van der Waals surface area (Å²) < 4.78 is 4.90. The lowest BCUT2D eigenvalue weighted by molar-refractivity contribution is 0.727. The summed E-state index contributed by atoms with van der Waals surface area (Å²) >= 11 is 0. The minimum Gasteiger partial charge on any atom is -0.309 e. The van der Waals surface area contributed by atoms with Crippen LogP contribution in [0.15, 0.2) is 224 Å². The van der Waals surface area contributed by atoms with Crippen molar-refractivity contribution in [3.05, 3.63) is 252 Å². The van der Waals surface area contributed by atoms with Crippen LogP contribution in [0, 0.1) is 0 Å². The maximum Gasteiger partial charge on any atom is 0.0541 e. The molecule has 69 heavy (non-hydrogen) atoms. The monoisotopic (exact) mass is 884 g/mol. The van der Waals surface area contributed by atoms with E-state index >= 15 is 0 Å². The molecule has 2 heterocycles. The summed E-state index contributed by atoms with van der Waals surface area (Å²) in [5.74, 6) is 0.273. The fraction of sp³-hybridized carbons (Fsp3) is 0.104. The summed E-state index contributed by atoms with van der Waals surface area (Å²) in [6.07, 6.45) is 4.20. The number of aryl methyl sites for hydroxylation is 3. The molecule has 12 aromatic rings. The molecule has 13 rings (SSSR count). The minimum absolute atomic E-state index is 0.273. The lowest BCUT2D eigenvalue weighted by Crippen LogP contribution is -2.05. The topological polar surface area (TPSA) is 9.86 Å². The minimum atomic E-state index is 0.273. The van der Waals surface area contributed by atoms with Crippen LogP contribution in [-0.2, 0) is 19.3 Å². The van der Waals surface area contributed by atoms with Gasteiger partial charge in [0.05, 0.1) is 27.8 Å². The van der Waals surface area contributed by atoms with Crippen LogP contribution in [0.4, 0.5) is 0 Å². The lowest BCUT2D eigenvalue weighted by Gasteiger charge is -2.22. The Morgan fingerprint density at radius 3 is 1.61 bits per heavy atom. The highest BCUT2D eigenvalue weighted by Gasteiger charge is 2.27. The molecule has 0 spiro atoms. The summed E-state index contributed by atoms with van der Waals surface area (Å²) in [5.41, 5.74) is 24.5. The van der Waals surface area contributed by atoms with Gasteiger partial charge >= 0.3 is 0 Å². The van der Waals surface area contributed by atoms with Gasteiger partial charge in [-0.15, -0.1) is 0 Å². The van der Waals surface area contributed by atoms with Gasteiger partial charge in [-0.2, -0.15) is 0 Å². The Labute approximate surface area is 404 Å². The maximum atomic E-state index is 2.49. The number of benzene rings is 10. The molecule has 0 radical (unpaired) electrons. The predicted molar refractivity (Wildman–Crippen MR) is 292 cm³/mol. The van der Waals surface area contributed by atoms with Crippen LogP contribution in [0.1, 0.15) is 54.0 Å². The third-order valence-corrected chi connectivity index (χ3v) is 15.2. The number of hydrogen-bond acceptors (Lipinski definition) is 0. The van der Waals surface area contributed by atoms with Crippen molar-refractivity contribution in [3.8, 4) is 55.9 Å². The van der Waals surface area contributed by atoms with E-state index in [2.05, 4.69) is 247 Å². The van der Waals surface area contributed by atoms with E-state index in [1.807, 2.05) is 0 Å². The Balaban J connectivity index is 0.923. The molecular weight excluding hydrogens is 833 g/mol. The van der Waals surface area contributed by atoms with Crippen LogP contribution in [-0.4, -0.2) is 9.13 Å². The van der Waals surface area contributed by atoms with Gasteiger partial charge in [-0.1, -0.05) is 184 Å². The molecule has 0 N–H and O–H groups in total. The smallest absolute Gasteiger partial charge is 0.0541 e. The second-order valence-corrected chi connectivity index (χ2v) is 18.9. The normalized spacial score (nSPS) is 13.5. The van der Waals surface area contributed by atoms with Crippen LogP contribution in [0.25, 0.3) is 99.5 Å². The van der Waals surface area contributed by atoms with Crippen LogP contribution >= 0.6 is 0 Å². The van der Waals surface area contributed by atoms with E-state index < -0.39 is 0 Å². The first-order valence-electron chi connectivity index (χ1n) is 24.8. The highest BCUT2D eigenvalue weighted by atomic mass is 15.0. The molecule has 1 atom stereocenters. The van der Waals surface area contributed by atoms with E-state index in [-0.39, 0.29) is 5.92 Å². The zero-order valence-corrected chi connectivity index (χ0v) is 39.2. The van der Waals surface area contributed by atoms with Gasteiger partial charge in [-0.25, -0.2) is 0 Å². The molecule has 2 nitrogen and oxygen atoms in total. The first kappa shape index (κ1) is 41.0. The second-order valence-electron chi connectivity index (χ2n) is 18.9. The van der Waals surface area contributed by atoms with Crippen molar-refractivity contribution in [3.63, 3.8) is 0 Å². The molecule has 0 fully saturated rings. The quantitative estimate of drug-likeness (QED) is 0.144. The van der Waals surface area contributed by atoms with Gasteiger partial charge in [-0.05, 0) is 147 Å². The van der Waals surface area contributed by atoms with E-state index in [4.69, 9.17) is 0 Å². The highest BCUT2D eigenvalue weighted by Crippen LogP contribution is 2.46.